The minimum atomic E-state index is -1.08. The lowest BCUT2D eigenvalue weighted by Gasteiger charge is -2.15. The molecule has 9 nitrogen and oxygen atoms in total. The normalized spacial score (nSPS) is 15.2. The average Bonchev–Trinajstić information content (AvgIpc) is 3.48. The maximum atomic E-state index is 12.5. The van der Waals surface area contributed by atoms with Crippen LogP contribution < -0.4 is 10.6 Å². The fourth-order valence-corrected chi connectivity index (χ4v) is 4.41. The van der Waals surface area contributed by atoms with Crippen molar-refractivity contribution >= 4 is 18.0 Å². The van der Waals surface area contributed by atoms with Crippen molar-refractivity contribution in [1.29, 1.82) is 0 Å². The predicted molar refractivity (Wildman–Crippen MR) is 120 cm³/mol. The number of aromatic nitrogens is 1. The van der Waals surface area contributed by atoms with Crippen LogP contribution in [0, 0.1) is 5.92 Å². The van der Waals surface area contributed by atoms with Gasteiger partial charge in [-0.15, -0.1) is 0 Å². The number of aliphatic carboxylic acids is 1. The highest BCUT2D eigenvalue weighted by molar-refractivity contribution is 5.97. The number of rotatable bonds is 8. The summed E-state index contributed by atoms with van der Waals surface area (Å²) in [6, 6.07) is 15.1. The van der Waals surface area contributed by atoms with Gasteiger partial charge in [-0.1, -0.05) is 53.7 Å². The monoisotopic (exact) mass is 461 g/mol. The Balaban J connectivity index is 1.19. The Hall–Kier alpha value is -4.14. The number of alkyl carbamates (subject to hydrolysis) is 1. The molecule has 1 fully saturated rings. The molecule has 0 aliphatic heterocycles. The molecule has 9 heteroatoms. The van der Waals surface area contributed by atoms with Gasteiger partial charge in [0.05, 0.1) is 6.54 Å². The Morgan fingerprint density at radius 2 is 1.71 bits per heavy atom. The van der Waals surface area contributed by atoms with E-state index in [1.165, 1.54) is 0 Å². The van der Waals surface area contributed by atoms with Crippen molar-refractivity contribution in [3.63, 3.8) is 0 Å². The molecule has 34 heavy (non-hydrogen) atoms. The maximum Gasteiger partial charge on any atom is 0.407 e. The van der Waals surface area contributed by atoms with Crippen LogP contribution in [0.2, 0.25) is 0 Å². The molecule has 3 N–H and O–H groups in total. The smallest absolute Gasteiger partial charge is 0.407 e. The number of carbonyl (C=O) groups is 3. The van der Waals surface area contributed by atoms with Crippen molar-refractivity contribution in [3.8, 4) is 11.1 Å². The molecule has 0 radical (unpaired) electrons. The number of amides is 2. The summed E-state index contributed by atoms with van der Waals surface area (Å²) in [7, 11) is 0. The molecule has 3 aromatic rings. The van der Waals surface area contributed by atoms with Gasteiger partial charge >= 0.3 is 12.1 Å². The van der Waals surface area contributed by atoms with Crippen molar-refractivity contribution in [3.05, 3.63) is 77.2 Å². The SMILES string of the molecule is O=C(NCc1nocc1C(=O)NC(C(=O)O)C1CC1)OCC1c2ccccc2-c2ccccc21. The van der Waals surface area contributed by atoms with E-state index in [1.54, 1.807) is 0 Å². The summed E-state index contributed by atoms with van der Waals surface area (Å²) in [5.74, 6) is -1.82. The standard InChI is InChI=1S/C25H23N3O6/c29-23(27-22(24(30)31)14-9-10-14)20-13-34-28-21(20)11-26-25(32)33-12-19-17-7-3-1-5-15(17)16-6-2-4-8-18(16)19/h1-8,13-14,19,22H,9-12H2,(H,26,32)(H,27,29)(H,30,31). The fraction of sp³-hybridized carbons (Fsp3) is 0.280. The first-order valence-corrected chi connectivity index (χ1v) is 11.1. The Kier molecular flexibility index (Phi) is 5.75. The van der Waals surface area contributed by atoms with Gasteiger partial charge in [0, 0.05) is 5.92 Å². The predicted octanol–water partition coefficient (Wildman–Crippen LogP) is 3.31. The van der Waals surface area contributed by atoms with Crippen LogP contribution in [0.1, 0.15) is 45.9 Å². The average molecular weight is 461 g/mol. The Morgan fingerprint density at radius 3 is 2.32 bits per heavy atom. The number of hydrogen-bond acceptors (Lipinski definition) is 6. The first-order valence-electron chi connectivity index (χ1n) is 11.1. The molecule has 0 saturated heterocycles. The quantitative estimate of drug-likeness (QED) is 0.469. The van der Waals surface area contributed by atoms with E-state index in [9.17, 15) is 19.5 Å². The molecule has 1 saturated carbocycles. The molecule has 2 aromatic carbocycles. The second-order valence-electron chi connectivity index (χ2n) is 8.48. The van der Waals surface area contributed by atoms with E-state index in [-0.39, 0.29) is 36.2 Å². The molecule has 2 amide bonds. The van der Waals surface area contributed by atoms with E-state index in [2.05, 4.69) is 27.9 Å². The molecule has 0 bridgehead atoms. The summed E-state index contributed by atoms with van der Waals surface area (Å²) in [6.45, 7) is 0.0603. The van der Waals surface area contributed by atoms with E-state index >= 15 is 0 Å². The Morgan fingerprint density at radius 1 is 1.06 bits per heavy atom. The lowest BCUT2D eigenvalue weighted by atomic mass is 9.98. The lowest BCUT2D eigenvalue weighted by Crippen LogP contribution is -2.42. The Bertz CT molecular complexity index is 1200. The van der Waals surface area contributed by atoms with Gasteiger partial charge in [-0.2, -0.15) is 0 Å². The molecule has 2 aliphatic rings. The zero-order valence-corrected chi connectivity index (χ0v) is 18.2. The molecule has 1 atom stereocenters. The fourth-order valence-electron chi connectivity index (χ4n) is 4.41. The first kappa shape index (κ1) is 21.7. The number of benzene rings is 2. The highest BCUT2D eigenvalue weighted by Gasteiger charge is 2.38. The molecule has 1 aromatic heterocycles. The van der Waals surface area contributed by atoms with Crippen LogP contribution in [-0.2, 0) is 16.1 Å². The minimum Gasteiger partial charge on any atom is -0.480 e. The number of carboxylic acids is 1. The number of ether oxygens (including phenoxy) is 1. The molecule has 174 valence electrons. The van der Waals surface area contributed by atoms with Gasteiger partial charge in [-0.25, -0.2) is 9.59 Å². The van der Waals surface area contributed by atoms with E-state index in [0.717, 1.165) is 41.4 Å². The van der Waals surface area contributed by atoms with E-state index in [1.807, 2.05) is 36.4 Å². The van der Waals surface area contributed by atoms with Crippen LogP contribution in [0.15, 0.2) is 59.3 Å². The molecule has 2 aliphatic carbocycles. The van der Waals surface area contributed by atoms with E-state index < -0.39 is 24.0 Å². The summed E-state index contributed by atoms with van der Waals surface area (Å²) < 4.78 is 10.4. The summed E-state index contributed by atoms with van der Waals surface area (Å²) in [6.07, 6.45) is 2.00. The van der Waals surface area contributed by atoms with Crippen LogP contribution in [-0.4, -0.2) is 40.9 Å². The molecular weight excluding hydrogens is 438 g/mol. The molecule has 5 rings (SSSR count). The number of fused-ring (bicyclic) bond motifs is 3. The highest BCUT2D eigenvalue weighted by Crippen LogP contribution is 2.44. The second kappa shape index (κ2) is 9.01. The zero-order chi connectivity index (χ0) is 23.7. The van der Waals surface area contributed by atoms with Gasteiger partial charge in [0.1, 0.15) is 30.2 Å². The molecule has 1 heterocycles. The lowest BCUT2D eigenvalue weighted by molar-refractivity contribution is -0.139. The van der Waals surface area contributed by atoms with Gasteiger partial charge in [0.15, 0.2) is 0 Å². The maximum absolute atomic E-state index is 12.5. The largest absolute Gasteiger partial charge is 0.480 e. The minimum absolute atomic E-state index is 0.0660. The number of nitrogens with zero attached hydrogens (tertiary/aromatic N) is 1. The number of carbonyl (C=O) groups excluding carboxylic acids is 2. The topological polar surface area (TPSA) is 131 Å². The van der Waals surface area contributed by atoms with E-state index in [0.29, 0.717) is 0 Å². The van der Waals surface area contributed by atoms with Crippen molar-refractivity contribution in [2.24, 2.45) is 5.92 Å². The summed E-state index contributed by atoms with van der Waals surface area (Å²) in [4.78, 5) is 36.3. The zero-order valence-electron chi connectivity index (χ0n) is 18.2. The van der Waals surface area contributed by atoms with Crippen LogP contribution in [0.3, 0.4) is 0 Å². The van der Waals surface area contributed by atoms with Gasteiger partial charge < -0.3 is 25.0 Å². The first-order chi connectivity index (χ1) is 16.5. The van der Waals surface area contributed by atoms with Crippen molar-refractivity contribution in [2.75, 3.05) is 6.61 Å². The third-order valence-electron chi connectivity index (χ3n) is 6.28. The van der Waals surface area contributed by atoms with Gasteiger partial charge in [0.2, 0.25) is 0 Å². The van der Waals surface area contributed by atoms with Crippen molar-refractivity contribution in [2.45, 2.75) is 31.3 Å². The molecule has 1 unspecified atom stereocenters. The van der Waals surface area contributed by atoms with Crippen molar-refractivity contribution in [1.82, 2.24) is 15.8 Å². The van der Waals surface area contributed by atoms with Crippen LogP contribution in [0.25, 0.3) is 11.1 Å². The number of carboxylic acid groups (broad SMARTS) is 1. The molecular formula is C25H23N3O6. The van der Waals surface area contributed by atoms with Crippen LogP contribution >= 0.6 is 0 Å². The second-order valence-corrected chi connectivity index (χ2v) is 8.48. The van der Waals surface area contributed by atoms with Gasteiger partial charge in [-0.3, -0.25) is 4.79 Å². The van der Waals surface area contributed by atoms with Gasteiger partial charge in [0.25, 0.3) is 5.91 Å². The number of nitrogens with one attached hydrogen (secondary N) is 2. The molecule has 0 spiro atoms. The van der Waals surface area contributed by atoms with E-state index in [4.69, 9.17) is 9.26 Å². The summed E-state index contributed by atoms with van der Waals surface area (Å²) in [5.41, 5.74) is 4.75. The third kappa shape index (κ3) is 4.24. The van der Waals surface area contributed by atoms with Crippen LogP contribution in [0.4, 0.5) is 4.79 Å². The van der Waals surface area contributed by atoms with Crippen LogP contribution in [0.5, 0.6) is 0 Å². The van der Waals surface area contributed by atoms with Crippen molar-refractivity contribution < 1.29 is 28.8 Å². The third-order valence-corrected chi connectivity index (χ3v) is 6.28. The Labute approximate surface area is 195 Å². The highest BCUT2D eigenvalue weighted by atomic mass is 16.5. The van der Waals surface area contributed by atoms with Gasteiger partial charge in [-0.05, 0) is 41.0 Å². The summed E-state index contributed by atoms with van der Waals surface area (Å²) >= 11 is 0. The number of hydrogen-bond donors (Lipinski definition) is 3. The summed E-state index contributed by atoms with van der Waals surface area (Å²) in [5, 5.41) is 18.2.